The summed E-state index contributed by atoms with van der Waals surface area (Å²) in [6.45, 7) is 2.58. The molecule has 0 radical (unpaired) electrons. The van der Waals surface area contributed by atoms with Gasteiger partial charge < -0.3 is 10.2 Å². The van der Waals surface area contributed by atoms with Gasteiger partial charge in [-0.25, -0.2) is 4.39 Å². The van der Waals surface area contributed by atoms with Crippen molar-refractivity contribution in [1.82, 2.24) is 0 Å². The van der Waals surface area contributed by atoms with Gasteiger partial charge in [-0.15, -0.1) is 0 Å². The molecular weight excluding hydrogens is 239 g/mol. The Hall–Kier alpha value is -2.03. The first-order chi connectivity index (χ1) is 9.10. The van der Waals surface area contributed by atoms with Gasteiger partial charge in [0.15, 0.2) is 0 Å². The summed E-state index contributed by atoms with van der Waals surface area (Å²) in [7, 11) is 3.92. The maximum atomic E-state index is 13.3. The molecule has 3 heteroatoms. The molecule has 100 valence electrons. The molecule has 2 aromatic rings. The van der Waals surface area contributed by atoms with Crippen molar-refractivity contribution in [2.24, 2.45) is 0 Å². The van der Waals surface area contributed by atoms with Crippen molar-refractivity contribution in [3.8, 4) is 0 Å². The lowest BCUT2D eigenvalue weighted by Crippen LogP contribution is -2.16. The third-order valence-electron chi connectivity index (χ3n) is 3.22. The van der Waals surface area contributed by atoms with Crippen LogP contribution < -0.4 is 10.2 Å². The molecule has 0 fully saturated rings. The van der Waals surface area contributed by atoms with E-state index >= 15 is 0 Å². The molecule has 0 saturated heterocycles. The van der Waals surface area contributed by atoms with E-state index < -0.39 is 0 Å². The fourth-order valence-corrected chi connectivity index (χ4v) is 2.06. The normalized spacial score (nSPS) is 10.3. The number of nitrogens with one attached hydrogen (secondary N) is 1. The van der Waals surface area contributed by atoms with Gasteiger partial charge in [-0.1, -0.05) is 12.1 Å². The zero-order valence-electron chi connectivity index (χ0n) is 11.6. The van der Waals surface area contributed by atoms with Crippen molar-refractivity contribution in [1.29, 1.82) is 0 Å². The van der Waals surface area contributed by atoms with Crippen LogP contribution in [0.4, 0.5) is 15.8 Å². The Balaban J connectivity index is 2.15. The van der Waals surface area contributed by atoms with Gasteiger partial charge in [0.05, 0.1) is 0 Å². The highest BCUT2D eigenvalue weighted by molar-refractivity contribution is 5.50. The van der Waals surface area contributed by atoms with Crippen molar-refractivity contribution in [3.05, 3.63) is 59.4 Å². The molecule has 0 atom stereocenters. The predicted molar refractivity (Wildman–Crippen MR) is 79.2 cm³/mol. The lowest BCUT2D eigenvalue weighted by atomic mass is 10.1. The molecule has 2 aromatic carbocycles. The molecule has 1 N–H and O–H groups in total. The van der Waals surface area contributed by atoms with Gasteiger partial charge in [-0.3, -0.25) is 0 Å². The standard InChI is InChI=1S/C16H19FN2/c1-12-9-15(7-8-16(12)17)19(3)11-13-5-4-6-14(10-13)18-2/h4-10,18H,11H2,1-3H3. The van der Waals surface area contributed by atoms with Gasteiger partial charge >= 0.3 is 0 Å². The lowest BCUT2D eigenvalue weighted by Gasteiger charge is -2.20. The Labute approximate surface area is 113 Å². The smallest absolute Gasteiger partial charge is 0.126 e. The molecule has 0 aliphatic heterocycles. The van der Waals surface area contributed by atoms with Gasteiger partial charge in [0.1, 0.15) is 5.82 Å². The minimum Gasteiger partial charge on any atom is -0.388 e. The molecule has 0 amide bonds. The predicted octanol–water partition coefficient (Wildman–Crippen LogP) is 3.81. The molecule has 0 bridgehead atoms. The van der Waals surface area contributed by atoms with E-state index in [0.29, 0.717) is 5.56 Å². The molecule has 0 saturated carbocycles. The molecule has 2 rings (SSSR count). The third kappa shape index (κ3) is 3.25. The fourth-order valence-electron chi connectivity index (χ4n) is 2.06. The van der Waals surface area contributed by atoms with Crippen LogP contribution in [0.5, 0.6) is 0 Å². The second kappa shape index (κ2) is 5.74. The Kier molecular flexibility index (Phi) is 4.05. The van der Waals surface area contributed by atoms with Crippen LogP contribution in [0, 0.1) is 12.7 Å². The zero-order valence-corrected chi connectivity index (χ0v) is 11.6. The van der Waals surface area contributed by atoms with E-state index in [9.17, 15) is 4.39 Å². The van der Waals surface area contributed by atoms with Gasteiger partial charge in [0.2, 0.25) is 0 Å². The second-order valence-electron chi connectivity index (χ2n) is 4.74. The molecular formula is C16H19FN2. The number of hydrogen-bond donors (Lipinski definition) is 1. The van der Waals surface area contributed by atoms with Crippen molar-refractivity contribution < 1.29 is 4.39 Å². The highest BCUT2D eigenvalue weighted by Gasteiger charge is 2.05. The van der Waals surface area contributed by atoms with Gasteiger partial charge in [0, 0.05) is 32.0 Å². The van der Waals surface area contributed by atoms with E-state index in [1.807, 2.05) is 38.4 Å². The number of rotatable bonds is 4. The second-order valence-corrected chi connectivity index (χ2v) is 4.74. The van der Waals surface area contributed by atoms with Crippen LogP contribution in [-0.2, 0) is 6.54 Å². The summed E-state index contributed by atoms with van der Waals surface area (Å²) < 4.78 is 13.3. The monoisotopic (exact) mass is 258 g/mol. The SMILES string of the molecule is CNc1cccc(CN(C)c2ccc(F)c(C)c2)c1. The quantitative estimate of drug-likeness (QED) is 0.897. The van der Waals surface area contributed by atoms with E-state index in [4.69, 9.17) is 0 Å². The highest BCUT2D eigenvalue weighted by Crippen LogP contribution is 2.20. The van der Waals surface area contributed by atoms with Gasteiger partial charge in [-0.05, 0) is 48.4 Å². The molecule has 0 unspecified atom stereocenters. The van der Waals surface area contributed by atoms with Crippen LogP contribution in [0.15, 0.2) is 42.5 Å². The molecule has 0 spiro atoms. The summed E-state index contributed by atoms with van der Waals surface area (Å²) in [6.07, 6.45) is 0. The van der Waals surface area contributed by atoms with E-state index in [2.05, 4.69) is 22.3 Å². The Morgan fingerprint density at radius 1 is 1.16 bits per heavy atom. The number of benzene rings is 2. The molecule has 0 aromatic heterocycles. The number of aryl methyl sites for hydroxylation is 1. The zero-order chi connectivity index (χ0) is 13.8. The maximum absolute atomic E-state index is 13.3. The largest absolute Gasteiger partial charge is 0.388 e. The van der Waals surface area contributed by atoms with Crippen LogP contribution in [-0.4, -0.2) is 14.1 Å². The summed E-state index contributed by atoms with van der Waals surface area (Å²) >= 11 is 0. The first-order valence-electron chi connectivity index (χ1n) is 6.34. The number of nitrogens with zero attached hydrogens (tertiary/aromatic N) is 1. The third-order valence-corrected chi connectivity index (χ3v) is 3.22. The lowest BCUT2D eigenvalue weighted by molar-refractivity contribution is 0.618. The van der Waals surface area contributed by atoms with E-state index in [0.717, 1.165) is 17.9 Å². The van der Waals surface area contributed by atoms with Crippen molar-refractivity contribution in [2.45, 2.75) is 13.5 Å². The Morgan fingerprint density at radius 3 is 2.63 bits per heavy atom. The number of anilines is 2. The van der Waals surface area contributed by atoms with Crippen LogP contribution in [0.1, 0.15) is 11.1 Å². The molecule has 19 heavy (non-hydrogen) atoms. The van der Waals surface area contributed by atoms with Crippen molar-refractivity contribution >= 4 is 11.4 Å². The first kappa shape index (κ1) is 13.4. The van der Waals surface area contributed by atoms with E-state index in [-0.39, 0.29) is 5.82 Å². The molecule has 0 heterocycles. The Bertz CT molecular complexity index is 566. The van der Waals surface area contributed by atoms with Crippen LogP contribution in [0.2, 0.25) is 0 Å². The summed E-state index contributed by atoms with van der Waals surface area (Å²) in [4.78, 5) is 2.11. The van der Waals surface area contributed by atoms with Gasteiger partial charge in [-0.2, -0.15) is 0 Å². The van der Waals surface area contributed by atoms with Gasteiger partial charge in [0.25, 0.3) is 0 Å². The topological polar surface area (TPSA) is 15.3 Å². The minimum absolute atomic E-state index is 0.158. The van der Waals surface area contributed by atoms with Crippen LogP contribution in [0.25, 0.3) is 0 Å². The van der Waals surface area contributed by atoms with E-state index in [1.165, 1.54) is 11.6 Å². The fraction of sp³-hybridized carbons (Fsp3) is 0.250. The highest BCUT2D eigenvalue weighted by atomic mass is 19.1. The maximum Gasteiger partial charge on any atom is 0.126 e. The Morgan fingerprint density at radius 2 is 1.95 bits per heavy atom. The van der Waals surface area contributed by atoms with Crippen molar-refractivity contribution in [3.63, 3.8) is 0 Å². The number of hydrogen-bond acceptors (Lipinski definition) is 2. The minimum atomic E-state index is -0.158. The molecule has 0 aliphatic rings. The van der Waals surface area contributed by atoms with Crippen LogP contribution in [0.3, 0.4) is 0 Å². The van der Waals surface area contributed by atoms with Crippen LogP contribution >= 0.6 is 0 Å². The van der Waals surface area contributed by atoms with E-state index in [1.54, 1.807) is 6.92 Å². The first-order valence-corrected chi connectivity index (χ1v) is 6.34. The summed E-state index contributed by atoms with van der Waals surface area (Å²) in [5.74, 6) is -0.158. The molecule has 0 aliphatic carbocycles. The summed E-state index contributed by atoms with van der Waals surface area (Å²) in [5, 5.41) is 3.13. The summed E-state index contributed by atoms with van der Waals surface area (Å²) in [6, 6.07) is 13.5. The average molecular weight is 258 g/mol. The van der Waals surface area contributed by atoms with Crippen molar-refractivity contribution in [2.75, 3.05) is 24.3 Å². The molecule has 2 nitrogen and oxygen atoms in total. The number of halogens is 1. The summed E-state index contributed by atoms with van der Waals surface area (Å²) in [5.41, 5.74) is 4.01. The average Bonchev–Trinajstić information content (AvgIpc) is 2.42.